The Morgan fingerprint density at radius 2 is 1.56 bits per heavy atom. The van der Waals surface area contributed by atoms with Crippen LogP contribution in [-0.4, -0.2) is 26.0 Å². The number of carbonyl (C=O) groups excluding carboxylic acids is 2. The third-order valence-electron chi connectivity index (χ3n) is 4.96. The number of halogens is 2. The Bertz CT molecular complexity index is 1240. The van der Waals surface area contributed by atoms with Crippen molar-refractivity contribution >= 4 is 28.8 Å². The van der Waals surface area contributed by atoms with Crippen molar-refractivity contribution in [1.82, 2.24) is 0 Å². The highest BCUT2D eigenvalue weighted by Crippen LogP contribution is 2.39. The summed E-state index contributed by atoms with van der Waals surface area (Å²) >= 11 is 0. The second-order valence-electron chi connectivity index (χ2n) is 6.85. The van der Waals surface area contributed by atoms with Gasteiger partial charge in [-0.2, -0.15) is 0 Å². The molecule has 1 N–H and O–H groups in total. The number of imide groups is 1. The monoisotopic (exact) mass is 436 g/mol. The number of ether oxygens (including phenoxy) is 2. The fourth-order valence-electron chi connectivity index (χ4n) is 3.42. The van der Waals surface area contributed by atoms with Crippen molar-refractivity contribution in [2.45, 2.75) is 0 Å². The lowest BCUT2D eigenvalue weighted by atomic mass is 10.0. The van der Waals surface area contributed by atoms with Gasteiger partial charge in [0.25, 0.3) is 11.8 Å². The summed E-state index contributed by atoms with van der Waals surface area (Å²) in [7, 11) is 2.90. The predicted molar refractivity (Wildman–Crippen MR) is 115 cm³/mol. The van der Waals surface area contributed by atoms with E-state index in [0.717, 1.165) is 17.0 Å². The molecule has 0 bridgehead atoms. The maximum absolute atomic E-state index is 13.7. The normalized spacial score (nSPS) is 13.6. The van der Waals surface area contributed by atoms with Crippen molar-refractivity contribution in [3.05, 3.63) is 89.6 Å². The van der Waals surface area contributed by atoms with Gasteiger partial charge < -0.3 is 14.8 Å². The highest BCUT2D eigenvalue weighted by atomic mass is 19.2. The van der Waals surface area contributed by atoms with E-state index in [9.17, 15) is 18.4 Å². The van der Waals surface area contributed by atoms with E-state index in [4.69, 9.17) is 9.47 Å². The molecule has 3 aromatic carbocycles. The standard InChI is InChI=1S/C24H18F2N2O4/c1-31-16-9-11-19(20(13-16)32-2)28-23(29)21(14-6-4-3-5-7-14)22(24(28)30)27-15-8-10-17(25)18(26)12-15/h3-13,27H,1-2H3. The van der Waals surface area contributed by atoms with Gasteiger partial charge in [0.15, 0.2) is 11.6 Å². The number of amides is 2. The Kier molecular flexibility index (Phi) is 5.59. The van der Waals surface area contributed by atoms with E-state index >= 15 is 0 Å². The van der Waals surface area contributed by atoms with E-state index < -0.39 is 23.4 Å². The van der Waals surface area contributed by atoms with Crippen LogP contribution in [0, 0.1) is 11.6 Å². The zero-order chi connectivity index (χ0) is 22.8. The number of hydrogen-bond donors (Lipinski definition) is 1. The lowest BCUT2D eigenvalue weighted by Crippen LogP contribution is -2.32. The fraction of sp³-hybridized carbons (Fsp3) is 0.0833. The van der Waals surface area contributed by atoms with Gasteiger partial charge in [-0.25, -0.2) is 13.7 Å². The minimum Gasteiger partial charge on any atom is -0.497 e. The minimum absolute atomic E-state index is 0.0647. The van der Waals surface area contributed by atoms with Crippen LogP contribution in [0.15, 0.2) is 72.4 Å². The lowest BCUT2D eigenvalue weighted by molar-refractivity contribution is -0.120. The van der Waals surface area contributed by atoms with E-state index in [-0.39, 0.29) is 28.4 Å². The molecule has 1 heterocycles. The minimum atomic E-state index is -1.08. The Morgan fingerprint density at radius 1 is 0.812 bits per heavy atom. The predicted octanol–water partition coefficient (Wildman–Crippen LogP) is 4.38. The molecular formula is C24H18F2N2O4. The first-order valence-electron chi connectivity index (χ1n) is 9.57. The Labute approximate surface area is 182 Å². The zero-order valence-electron chi connectivity index (χ0n) is 17.2. The summed E-state index contributed by atoms with van der Waals surface area (Å²) in [5.74, 6) is -2.61. The van der Waals surface area contributed by atoms with Crippen molar-refractivity contribution in [3.63, 3.8) is 0 Å². The molecule has 0 aromatic heterocycles. The second kappa shape index (κ2) is 8.50. The molecule has 0 atom stereocenters. The first-order chi connectivity index (χ1) is 15.4. The van der Waals surface area contributed by atoms with Gasteiger partial charge in [0.2, 0.25) is 0 Å². The summed E-state index contributed by atoms with van der Waals surface area (Å²) < 4.78 is 37.6. The van der Waals surface area contributed by atoms with E-state index in [1.54, 1.807) is 42.5 Å². The molecule has 3 aromatic rings. The van der Waals surface area contributed by atoms with Gasteiger partial charge in [-0.05, 0) is 29.8 Å². The first kappa shape index (κ1) is 21.0. The largest absolute Gasteiger partial charge is 0.497 e. The number of nitrogens with one attached hydrogen (secondary N) is 1. The molecule has 0 saturated carbocycles. The number of nitrogens with zero attached hydrogens (tertiary/aromatic N) is 1. The molecule has 0 aliphatic carbocycles. The molecule has 6 nitrogen and oxygen atoms in total. The SMILES string of the molecule is COc1ccc(N2C(=O)C(Nc3ccc(F)c(F)c3)=C(c3ccccc3)C2=O)c(OC)c1. The molecule has 8 heteroatoms. The number of benzene rings is 3. The van der Waals surface area contributed by atoms with Crippen LogP contribution in [0.25, 0.3) is 5.57 Å². The average Bonchev–Trinajstić information content (AvgIpc) is 3.05. The van der Waals surface area contributed by atoms with Crippen LogP contribution in [0.2, 0.25) is 0 Å². The molecule has 1 aliphatic rings. The number of hydrogen-bond acceptors (Lipinski definition) is 5. The first-order valence-corrected chi connectivity index (χ1v) is 9.57. The Hall–Kier alpha value is -4.20. The average molecular weight is 436 g/mol. The Balaban J connectivity index is 1.83. The van der Waals surface area contributed by atoms with Crippen molar-refractivity contribution in [2.75, 3.05) is 24.4 Å². The summed E-state index contributed by atoms with van der Waals surface area (Å²) in [6.07, 6.45) is 0. The highest BCUT2D eigenvalue weighted by molar-refractivity contribution is 6.46. The molecule has 32 heavy (non-hydrogen) atoms. The smallest absolute Gasteiger partial charge is 0.282 e. The van der Waals surface area contributed by atoms with Crippen molar-refractivity contribution in [1.29, 1.82) is 0 Å². The Morgan fingerprint density at radius 3 is 2.22 bits per heavy atom. The number of carbonyl (C=O) groups is 2. The van der Waals surface area contributed by atoms with Gasteiger partial charge in [0.1, 0.15) is 17.2 Å². The molecule has 162 valence electrons. The lowest BCUT2D eigenvalue weighted by Gasteiger charge is -2.19. The van der Waals surface area contributed by atoms with Crippen molar-refractivity contribution in [3.8, 4) is 11.5 Å². The third kappa shape index (κ3) is 3.66. The van der Waals surface area contributed by atoms with Gasteiger partial charge in [-0.1, -0.05) is 30.3 Å². The summed E-state index contributed by atoms with van der Waals surface area (Å²) in [5.41, 5.74) is 0.866. The zero-order valence-corrected chi connectivity index (χ0v) is 17.2. The summed E-state index contributed by atoms with van der Waals surface area (Å²) in [6, 6.07) is 16.4. The quantitative estimate of drug-likeness (QED) is 0.581. The van der Waals surface area contributed by atoms with E-state index in [2.05, 4.69) is 5.32 Å². The van der Waals surface area contributed by atoms with Gasteiger partial charge in [-0.15, -0.1) is 0 Å². The maximum Gasteiger partial charge on any atom is 0.282 e. The van der Waals surface area contributed by atoms with Crippen LogP contribution in [0.5, 0.6) is 11.5 Å². The number of rotatable bonds is 6. The molecular weight excluding hydrogens is 418 g/mol. The summed E-state index contributed by atoms with van der Waals surface area (Å²) in [6.45, 7) is 0. The molecule has 1 aliphatic heterocycles. The second-order valence-corrected chi connectivity index (χ2v) is 6.85. The molecule has 0 fully saturated rings. The molecule has 0 radical (unpaired) electrons. The fourth-order valence-corrected chi connectivity index (χ4v) is 3.42. The van der Waals surface area contributed by atoms with Crippen LogP contribution < -0.4 is 19.7 Å². The molecule has 4 rings (SSSR count). The third-order valence-corrected chi connectivity index (χ3v) is 4.96. The van der Waals surface area contributed by atoms with Crippen molar-refractivity contribution < 1.29 is 27.8 Å². The summed E-state index contributed by atoms with van der Waals surface area (Å²) in [5, 5.41) is 2.79. The van der Waals surface area contributed by atoms with Crippen LogP contribution in [-0.2, 0) is 9.59 Å². The van der Waals surface area contributed by atoms with Crippen molar-refractivity contribution in [2.24, 2.45) is 0 Å². The van der Waals surface area contributed by atoms with Crippen LogP contribution >= 0.6 is 0 Å². The number of anilines is 2. The molecule has 0 saturated heterocycles. The van der Waals surface area contributed by atoms with Crippen LogP contribution in [0.4, 0.5) is 20.2 Å². The van der Waals surface area contributed by atoms with Gasteiger partial charge >= 0.3 is 0 Å². The van der Waals surface area contributed by atoms with Crippen LogP contribution in [0.3, 0.4) is 0 Å². The molecule has 2 amide bonds. The van der Waals surface area contributed by atoms with E-state index in [1.807, 2.05) is 0 Å². The molecule has 0 spiro atoms. The topological polar surface area (TPSA) is 67.9 Å². The van der Waals surface area contributed by atoms with Gasteiger partial charge in [-0.3, -0.25) is 9.59 Å². The van der Waals surface area contributed by atoms with Crippen LogP contribution in [0.1, 0.15) is 5.56 Å². The van der Waals surface area contributed by atoms with Gasteiger partial charge in [0, 0.05) is 17.8 Å². The molecule has 0 unspecified atom stereocenters. The van der Waals surface area contributed by atoms with E-state index in [1.165, 1.54) is 26.4 Å². The highest BCUT2D eigenvalue weighted by Gasteiger charge is 2.41. The summed E-state index contributed by atoms with van der Waals surface area (Å²) in [4.78, 5) is 27.8. The van der Waals surface area contributed by atoms with E-state index in [0.29, 0.717) is 11.3 Å². The van der Waals surface area contributed by atoms with Gasteiger partial charge in [0.05, 0.1) is 25.5 Å². The number of methoxy groups -OCH3 is 2. The maximum atomic E-state index is 13.7.